The summed E-state index contributed by atoms with van der Waals surface area (Å²) in [5.41, 5.74) is 1.02. The summed E-state index contributed by atoms with van der Waals surface area (Å²) >= 11 is 0. The standard InChI is InChI=1S/C16H17F3N2O/c17-16(18,19)13-3-1-2-11(6-13)8-15-20-9-14-7-12(10-22)4-5-21(14)15/h1-3,6,9,12,22H,4-5,7-8,10H2. The number of nitrogens with zero attached hydrogens (tertiary/aromatic N) is 2. The molecule has 0 fully saturated rings. The lowest BCUT2D eigenvalue weighted by Crippen LogP contribution is -2.22. The van der Waals surface area contributed by atoms with Crippen molar-refractivity contribution < 1.29 is 18.3 Å². The Labute approximate surface area is 126 Å². The van der Waals surface area contributed by atoms with Crippen LogP contribution in [0.4, 0.5) is 13.2 Å². The van der Waals surface area contributed by atoms with E-state index in [9.17, 15) is 18.3 Å². The number of fused-ring (bicyclic) bond motifs is 1. The Morgan fingerprint density at radius 1 is 1.32 bits per heavy atom. The molecule has 0 saturated heterocycles. The number of hydrogen-bond donors (Lipinski definition) is 1. The van der Waals surface area contributed by atoms with Crippen molar-refractivity contribution in [2.45, 2.75) is 32.0 Å². The molecule has 1 aliphatic rings. The number of aliphatic hydroxyl groups is 1. The second-order valence-corrected chi connectivity index (χ2v) is 5.73. The lowest BCUT2D eigenvalue weighted by molar-refractivity contribution is -0.137. The Kier molecular flexibility index (Phi) is 3.95. The topological polar surface area (TPSA) is 38.0 Å². The molecule has 1 N–H and O–H groups in total. The predicted molar refractivity (Wildman–Crippen MR) is 75.4 cm³/mol. The summed E-state index contributed by atoms with van der Waals surface area (Å²) in [5.74, 6) is 1.04. The average molecular weight is 310 g/mol. The third-order valence-electron chi connectivity index (χ3n) is 4.15. The van der Waals surface area contributed by atoms with Crippen LogP contribution in [-0.4, -0.2) is 21.3 Å². The van der Waals surface area contributed by atoms with Crippen molar-refractivity contribution in [1.82, 2.24) is 9.55 Å². The fourth-order valence-electron chi connectivity index (χ4n) is 2.94. The van der Waals surface area contributed by atoms with E-state index in [2.05, 4.69) is 9.55 Å². The van der Waals surface area contributed by atoms with E-state index in [4.69, 9.17) is 0 Å². The number of imidazole rings is 1. The molecule has 1 atom stereocenters. The highest BCUT2D eigenvalue weighted by Gasteiger charge is 2.30. The Morgan fingerprint density at radius 3 is 2.86 bits per heavy atom. The molecule has 0 saturated carbocycles. The third-order valence-corrected chi connectivity index (χ3v) is 4.15. The van der Waals surface area contributed by atoms with Gasteiger partial charge in [0.15, 0.2) is 0 Å². The van der Waals surface area contributed by atoms with Gasteiger partial charge in [0.25, 0.3) is 0 Å². The van der Waals surface area contributed by atoms with Gasteiger partial charge < -0.3 is 9.67 Å². The Morgan fingerprint density at radius 2 is 2.14 bits per heavy atom. The van der Waals surface area contributed by atoms with Gasteiger partial charge in [-0.15, -0.1) is 0 Å². The van der Waals surface area contributed by atoms with E-state index < -0.39 is 11.7 Å². The first-order valence-electron chi connectivity index (χ1n) is 7.27. The normalized spacial score (nSPS) is 18.3. The van der Waals surface area contributed by atoms with Gasteiger partial charge in [0.2, 0.25) is 0 Å². The zero-order valence-corrected chi connectivity index (χ0v) is 12.0. The van der Waals surface area contributed by atoms with Crippen molar-refractivity contribution >= 4 is 0 Å². The molecule has 22 heavy (non-hydrogen) atoms. The summed E-state index contributed by atoms with van der Waals surface area (Å²) in [5, 5.41) is 9.23. The number of hydrogen-bond acceptors (Lipinski definition) is 2. The van der Waals surface area contributed by atoms with Gasteiger partial charge in [0.05, 0.1) is 5.56 Å². The first-order valence-corrected chi connectivity index (χ1v) is 7.27. The van der Waals surface area contributed by atoms with Crippen LogP contribution >= 0.6 is 0 Å². The van der Waals surface area contributed by atoms with E-state index in [-0.39, 0.29) is 12.5 Å². The van der Waals surface area contributed by atoms with Crippen molar-refractivity contribution in [2.24, 2.45) is 5.92 Å². The molecular formula is C16H17F3N2O. The summed E-state index contributed by atoms with van der Waals surface area (Å²) < 4.78 is 40.3. The summed E-state index contributed by atoms with van der Waals surface area (Å²) in [6.07, 6.45) is -0.531. The quantitative estimate of drug-likeness (QED) is 0.946. The molecule has 0 aliphatic carbocycles. The van der Waals surface area contributed by atoms with Crippen LogP contribution in [0.1, 0.15) is 29.1 Å². The van der Waals surface area contributed by atoms with E-state index in [0.29, 0.717) is 12.0 Å². The lowest BCUT2D eigenvalue weighted by Gasteiger charge is -2.23. The number of rotatable bonds is 3. The Bertz CT molecular complexity index is 664. The van der Waals surface area contributed by atoms with Gasteiger partial charge in [0, 0.05) is 31.5 Å². The molecular weight excluding hydrogens is 293 g/mol. The molecule has 1 aromatic carbocycles. The molecule has 0 bridgehead atoms. The minimum absolute atomic E-state index is 0.161. The van der Waals surface area contributed by atoms with Gasteiger partial charge in [-0.1, -0.05) is 18.2 Å². The molecule has 2 heterocycles. The van der Waals surface area contributed by atoms with Gasteiger partial charge in [0.1, 0.15) is 5.82 Å². The highest BCUT2D eigenvalue weighted by Crippen LogP contribution is 2.30. The van der Waals surface area contributed by atoms with E-state index in [1.807, 2.05) is 0 Å². The van der Waals surface area contributed by atoms with E-state index >= 15 is 0 Å². The Balaban J connectivity index is 1.82. The molecule has 6 heteroatoms. The van der Waals surface area contributed by atoms with Crippen LogP contribution in [0.15, 0.2) is 30.5 Å². The van der Waals surface area contributed by atoms with Crippen LogP contribution in [0.25, 0.3) is 0 Å². The lowest BCUT2D eigenvalue weighted by atomic mass is 9.97. The van der Waals surface area contributed by atoms with Crippen LogP contribution in [0.2, 0.25) is 0 Å². The second-order valence-electron chi connectivity index (χ2n) is 5.73. The highest BCUT2D eigenvalue weighted by atomic mass is 19.4. The molecule has 1 aromatic heterocycles. The molecule has 2 aromatic rings. The van der Waals surface area contributed by atoms with Gasteiger partial charge in [-0.05, 0) is 30.4 Å². The Hall–Kier alpha value is -1.82. The molecule has 0 spiro atoms. The first-order chi connectivity index (χ1) is 10.5. The third kappa shape index (κ3) is 3.02. The predicted octanol–water partition coefficient (Wildman–Crippen LogP) is 3.05. The fraction of sp³-hybridized carbons (Fsp3) is 0.438. The van der Waals surface area contributed by atoms with Gasteiger partial charge >= 0.3 is 6.18 Å². The van der Waals surface area contributed by atoms with Crippen molar-refractivity contribution in [3.8, 4) is 0 Å². The molecule has 118 valence electrons. The van der Waals surface area contributed by atoms with Crippen molar-refractivity contribution in [1.29, 1.82) is 0 Å². The number of aromatic nitrogens is 2. The van der Waals surface area contributed by atoms with Crippen LogP contribution < -0.4 is 0 Å². The minimum Gasteiger partial charge on any atom is -0.396 e. The maximum Gasteiger partial charge on any atom is 0.416 e. The summed E-state index contributed by atoms with van der Waals surface area (Å²) in [6.45, 7) is 0.920. The molecule has 0 amide bonds. The van der Waals surface area contributed by atoms with Crippen LogP contribution in [0, 0.1) is 5.92 Å². The van der Waals surface area contributed by atoms with Crippen molar-refractivity contribution in [3.63, 3.8) is 0 Å². The highest BCUT2D eigenvalue weighted by molar-refractivity contribution is 5.28. The SMILES string of the molecule is OCC1CCn2c(cnc2Cc2cccc(C(F)(F)F)c2)C1. The van der Waals surface area contributed by atoms with Crippen molar-refractivity contribution in [3.05, 3.63) is 53.1 Å². The second kappa shape index (κ2) is 5.76. The van der Waals surface area contributed by atoms with E-state index in [0.717, 1.165) is 37.0 Å². The largest absolute Gasteiger partial charge is 0.416 e. The zero-order chi connectivity index (χ0) is 15.7. The molecule has 1 unspecified atom stereocenters. The van der Waals surface area contributed by atoms with Gasteiger partial charge in [-0.2, -0.15) is 13.2 Å². The van der Waals surface area contributed by atoms with Crippen LogP contribution in [0.5, 0.6) is 0 Å². The van der Waals surface area contributed by atoms with Crippen molar-refractivity contribution in [2.75, 3.05) is 6.61 Å². The maximum atomic E-state index is 12.8. The van der Waals surface area contributed by atoms with Crippen LogP contribution in [-0.2, 0) is 25.6 Å². The molecule has 0 radical (unpaired) electrons. The number of aliphatic hydroxyl groups excluding tert-OH is 1. The van der Waals surface area contributed by atoms with Crippen LogP contribution in [0.3, 0.4) is 0 Å². The first kappa shape index (κ1) is 15.1. The summed E-state index contributed by atoms with van der Waals surface area (Å²) in [4.78, 5) is 4.35. The smallest absolute Gasteiger partial charge is 0.396 e. The number of halogens is 3. The minimum atomic E-state index is -4.32. The van der Waals surface area contributed by atoms with Gasteiger partial charge in [-0.3, -0.25) is 0 Å². The number of alkyl halides is 3. The fourth-order valence-corrected chi connectivity index (χ4v) is 2.94. The zero-order valence-electron chi connectivity index (χ0n) is 12.0. The number of benzene rings is 1. The summed E-state index contributed by atoms with van der Waals surface area (Å²) in [6, 6.07) is 5.38. The molecule has 3 rings (SSSR count). The molecule has 3 nitrogen and oxygen atoms in total. The van der Waals surface area contributed by atoms with Gasteiger partial charge in [-0.25, -0.2) is 4.98 Å². The molecule has 1 aliphatic heterocycles. The average Bonchev–Trinajstić information content (AvgIpc) is 2.89. The van der Waals surface area contributed by atoms with E-state index in [1.54, 1.807) is 12.3 Å². The maximum absolute atomic E-state index is 12.8. The monoisotopic (exact) mass is 310 g/mol. The summed E-state index contributed by atoms with van der Waals surface area (Å²) in [7, 11) is 0. The van der Waals surface area contributed by atoms with E-state index in [1.165, 1.54) is 12.1 Å².